The lowest BCUT2D eigenvalue weighted by atomic mass is 9.93. The van der Waals surface area contributed by atoms with Crippen LogP contribution in [0.1, 0.15) is 94.7 Å². The summed E-state index contributed by atoms with van der Waals surface area (Å²) in [4.78, 5) is 71.1. The predicted octanol–water partition coefficient (Wildman–Crippen LogP) is 5.88. The van der Waals surface area contributed by atoms with Gasteiger partial charge >= 0.3 is 0 Å². The molecular formula is C42H53N7O6. The van der Waals surface area contributed by atoms with Crippen LogP contribution in [0.5, 0.6) is 5.75 Å². The molecule has 2 atom stereocenters. The lowest BCUT2D eigenvalue weighted by Gasteiger charge is -2.34. The SMILES string of the molecule is CCCC(C=O)N1C(=O)c2cccc(N3CCC(CCOc4ccc(C=O)cc4)CC3)c2C1=O.CNC=O.CNc1cc2[nH]c(C3CCCN3C)cc2cn1. The molecule has 7 rings (SSSR count). The topological polar surface area (TPSA) is 157 Å². The number of carbonyl (C=O) groups is 5. The molecule has 2 aromatic heterocycles. The predicted molar refractivity (Wildman–Crippen MR) is 214 cm³/mol. The Morgan fingerprint density at radius 2 is 1.73 bits per heavy atom. The van der Waals surface area contributed by atoms with E-state index < -0.39 is 6.04 Å². The van der Waals surface area contributed by atoms with Crippen molar-refractivity contribution in [1.82, 2.24) is 25.1 Å². The number of aromatic nitrogens is 2. The first-order chi connectivity index (χ1) is 26.8. The van der Waals surface area contributed by atoms with Crippen molar-refractivity contribution < 1.29 is 28.7 Å². The Balaban J connectivity index is 0.000000228. The number of benzene rings is 2. The van der Waals surface area contributed by atoms with E-state index in [0.717, 1.165) is 60.8 Å². The maximum atomic E-state index is 13.2. The number of pyridine rings is 1. The number of rotatable bonds is 13. The van der Waals surface area contributed by atoms with Crippen LogP contribution in [-0.2, 0) is 9.59 Å². The van der Waals surface area contributed by atoms with E-state index in [0.29, 0.717) is 60.8 Å². The van der Waals surface area contributed by atoms with Crippen LogP contribution in [0.4, 0.5) is 11.5 Å². The summed E-state index contributed by atoms with van der Waals surface area (Å²) < 4.78 is 5.83. The van der Waals surface area contributed by atoms with Gasteiger partial charge in [-0.15, -0.1) is 0 Å². The minimum Gasteiger partial charge on any atom is -0.494 e. The van der Waals surface area contributed by atoms with E-state index in [9.17, 15) is 19.2 Å². The van der Waals surface area contributed by atoms with Gasteiger partial charge in [0, 0.05) is 62.1 Å². The number of H-pyrrole nitrogens is 1. The number of aldehydes is 2. The fourth-order valence-corrected chi connectivity index (χ4v) is 7.52. The molecule has 2 saturated heterocycles. The Morgan fingerprint density at radius 1 is 0.982 bits per heavy atom. The maximum Gasteiger partial charge on any atom is 0.264 e. The number of amides is 3. The monoisotopic (exact) mass is 751 g/mol. The standard InChI is InChI=1S/C27H30N2O5.C13H18N4.C2H5NO/c1-2-4-21(18-31)29-26(32)23-5-3-6-24(25(23)27(29)33)28-14-11-19(12-15-28)13-16-34-22-9-7-20(17-30)8-10-22;1-14-13-7-10-9(8-15-13)6-11(16-10)12-4-3-5-17(12)2;1-3-2-4/h3,5-10,17-19,21H,2,4,11-16H2,1H3;6-8,12,16H,3-5H2,1-2H3,(H,14,15);2H,1H3,(H,3,4). The highest BCUT2D eigenvalue weighted by Crippen LogP contribution is 2.36. The van der Waals surface area contributed by atoms with Crippen molar-refractivity contribution in [1.29, 1.82) is 0 Å². The van der Waals surface area contributed by atoms with E-state index in [1.807, 2.05) is 32.3 Å². The van der Waals surface area contributed by atoms with Gasteiger partial charge in [0.2, 0.25) is 6.41 Å². The van der Waals surface area contributed by atoms with Gasteiger partial charge < -0.3 is 30.0 Å². The van der Waals surface area contributed by atoms with E-state index in [4.69, 9.17) is 9.53 Å². The van der Waals surface area contributed by atoms with Crippen molar-refractivity contribution in [3.63, 3.8) is 0 Å². The Kier molecular flexibility index (Phi) is 14.5. The van der Waals surface area contributed by atoms with Crippen LogP contribution in [0.25, 0.3) is 10.9 Å². The van der Waals surface area contributed by atoms with Crippen LogP contribution < -0.4 is 20.3 Å². The van der Waals surface area contributed by atoms with Gasteiger partial charge in [0.25, 0.3) is 11.8 Å². The normalized spacial score (nSPS) is 17.4. The summed E-state index contributed by atoms with van der Waals surface area (Å²) in [6.07, 6.45) is 10.7. The molecule has 2 unspecified atom stereocenters. The van der Waals surface area contributed by atoms with E-state index >= 15 is 0 Å². The number of hydrogen-bond acceptors (Lipinski definition) is 10. The number of piperidine rings is 1. The van der Waals surface area contributed by atoms with Gasteiger partial charge in [-0.05, 0) is 100 Å². The van der Waals surface area contributed by atoms with Crippen LogP contribution in [0.3, 0.4) is 0 Å². The average Bonchev–Trinajstić information content (AvgIpc) is 3.92. The zero-order valence-corrected chi connectivity index (χ0v) is 32.3. The van der Waals surface area contributed by atoms with Crippen molar-refractivity contribution >= 4 is 53.2 Å². The molecule has 13 heteroatoms. The first-order valence-corrected chi connectivity index (χ1v) is 19.1. The molecule has 55 heavy (non-hydrogen) atoms. The number of likely N-dealkylation sites (tertiary alicyclic amines) is 1. The molecule has 0 aliphatic carbocycles. The van der Waals surface area contributed by atoms with Crippen LogP contribution >= 0.6 is 0 Å². The van der Waals surface area contributed by atoms with Crippen molar-refractivity contribution in [2.75, 3.05) is 57.6 Å². The average molecular weight is 752 g/mol. The van der Waals surface area contributed by atoms with Gasteiger partial charge in [-0.2, -0.15) is 0 Å². The number of anilines is 2. The van der Waals surface area contributed by atoms with E-state index in [2.05, 4.69) is 49.6 Å². The second kappa shape index (κ2) is 19.7. The second-order valence-corrected chi connectivity index (χ2v) is 14.1. The van der Waals surface area contributed by atoms with Gasteiger partial charge in [-0.1, -0.05) is 19.4 Å². The summed E-state index contributed by atoms with van der Waals surface area (Å²) in [5.41, 5.74) is 4.71. The number of carbonyl (C=O) groups excluding carboxylic acids is 5. The zero-order valence-electron chi connectivity index (χ0n) is 32.3. The number of nitrogens with zero attached hydrogens (tertiary/aromatic N) is 4. The van der Waals surface area contributed by atoms with Gasteiger partial charge in [-0.25, -0.2) is 4.98 Å². The number of nitrogens with one attached hydrogen (secondary N) is 3. The molecule has 0 radical (unpaired) electrons. The van der Waals surface area contributed by atoms with E-state index in [1.54, 1.807) is 37.4 Å². The van der Waals surface area contributed by atoms with Gasteiger partial charge in [0.1, 0.15) is 24.1 Å². The highest BCUT2D eigenvalue weighted by Gasteiger charge is 2.42. The molecule has 2 fully saturated rings. The summed E-state index contributed by atoms with van der Waals surface area (Å²) in [5, 5.41) is 6.51. The number of ether oxygens (including phenoxy) is 1. The number of imide groups is 1. The fraction of sp³-hybridized carbons (Fsp3) is 0.429. The van der Waals surface area contributed by atoms with Gasteiger partial charge in [0.15, 0.2) is 0 Å². The van der Waals surface area contributed by atoms with Crippen LogP contribution in [-0.4, -0.2) is 104 Å². The molecule has 0 saturated carbocycles. The Hall–Kier alpha value is -5.56. The van der Waals surface area contributed by atoms with Crippen LogP contribution in [0.2, 0.25) is 0 Å². The summed E-state index contributed by atoms with van der Waals surface area (Å²) in [5.74, 6) is 1.44. The van der Waals surface area contributed by atoms with Gasteiger partial charge in [-0.3, -0.25) is 29.0 Å². The van der Waals surface area contributed by atoms with Crippen LogP contribution in [0, 0.1) is 5.92 Å². The minimum absolute atomic E-state index is 0.364. The zero-order chi connectivity index (χ0) is 39.3. The Morgan fingerprint density at radius 3 is 2.35 bits per heavy atom. The van der Waals surface area contributed by atoms with E-state index in [1.165, 1.54) is 36.0 Å². The third kappa shape index (κ3) is 9.76. The Labute approximate surface area is 322 Å². The highest BCUT2D eigenvalue weighted by molar-refractivity contribution is 6.24. The van der Waals surface area contributed by atoms with Crippen molar-refractivity contribution in [3.8, 4) is 5.75 Å². The molecular weight excluding hydrogens is 699 g/mol. The molecule has 4 aromatic rings. The van der Waals surface area contributed by atoms with Crippen molar-refractivity contribution in [2.24, 2.45) is 5.92 Å². The molecule has 5 heterocycles. The molecule has 2 aromatic carbocycles. The minimum atomic E-state index is -0.717. The molecule has 13 nitrogen and oxygen atoms in total. The fourth-order valence-electron chi connectivity index (χ4n) is 7.52. The summed E-state index contributed by atoms with van der Waals surface area (Å²) >= 11 is 0. The van der Waals surface area contributed by atoms with E-state index in [-0.39, 0.29) is 11.8 Å². The number of aromatic amines is 1. The molecule has 3 amide bonds. The second-order valence-electron chi connectivity index (χ2n) is 14.1. The Bertz CT molecular complexity index is 1920. The lowest BCUT2D eigenvalue weighted by Crippen LogP contribution is -2.41. The molecule has 0 bridgehead atoms. The largest absolute Gasteiger partial charge is 0.494 e. The van der Waals surface area contributed by atoms with Crippen LogP contribution in [0.15, 0.2) is 60.8 Å². The maximum absolute atomic E-state index is 13.2. The smallest absolute Gasteiger partial charge is 0.264 e. The molecule has 292 valence electrons. The van der Waals surface area contributed by atoms with Crippen molar-refractivity contribution in [2.45, 2.75) is 64.0 Å². The number of fused-ring (bicyclic) bond motifs is 2. The summed E-state index contributed by atoms with van der Waals surface area (Å²) in [6.45, 7) is 5.32. The molecule has 3 N–H and O–H groups in total. The summed E-state index contributed by atoms with van der Waals surface area (Å²) in [7, 11) is 5.65. The first kappa shape index (κ1) is 40.6. The molecule has 3 aliphatic heterocycles. The third-order valence-corrected chi connectivity index (χ3v) is 10.5. The van der Waals surface area contributed by atoms with Crippen molar-refractivity contribution in [3.05, 3.63) is 83.2 Å². The summed E-state index contributed by atoms with van der Waals surface area (Å²) in [6, 6.07) is 16.6. The quantitative estimate of drug-likeness (QED) is 0.111. The van der Waals surface area contributed by atoms with Gasteiger partial charge in [0.05, 0.1) is 35.0 Å². The first-order valence-electron chi connectivity index (χ1n) is 19.1. The lowest BCUT2D eigenvalue weighted by molar-refractivity contribution is -0.111. The third-order valence-electron chi connectivity index (χ3n) is 10.5. The highest BCUT2D eigenvalue weighted by atomic mass is 16.5. The molecule has 3 aliphatic rings. The molecule has 0 spiro atoms. The number of hydrogen-bond donors (Lipinski definition) is 3.